The van der Waals surface area contributed by atoms with Crippen molar-refractivity contribution in [3.63, 3.8) is 0 Å². The first-order valence-corrected chi connectivity index (χ1v) is 11.0. The van der Waals surface area contributed by atoms with Crippen molar-refractivity contribution in [2.45, 2.75) is 32.4 Å². The third kappa shape index (κ3) is 4.12. The van der Waals surface area contributed by atoms with Gasteiger partial charge in [0.25, 0.3) is 0 Å². The van der Waals surface area contributed by atoms with Crippen molar-refractivity contribution in [2.75, 3.05) is 40.1 Å². The highest BCUT2D eigenvalue weighted by Crippen LogP contribution is 2.30. The molecular weight excluding hydrogens is 396 g/mol. The second-order valence-corrected chi connectivity index (χ2v) is 8.83. The van der Waals surface area contributed by atoms with E-state index >= 15 is 0 Å². The standard InChI is InChI=1S/C22H30N6O3/c1-15-10-26(11-16-3-6-23-20(9-16)30-2)12-18(15)21-24-19-13-27(14-28(19)22(29)25-21)17-4-7-31-8-5-17/h3,6,9,13,15,17-18H,4-5,7-8,10-12,14H2,1-2H3,(H,24,25,29). The molecule has 9 nitrogen and oxygen atoms in total. The number of rotatable bonds is 5. The van der Waals surface area contributed by atoms with Crippen molar-refractivity contribution in [3.8, 4) is 5.88 Å². The number of methoxy groups -OCH3 is 1. The first-order chi connectivity index (χ1) is 15.1. The molecule has 1 aromatic heterocycles. The number of likely N-dealkylation sites (tertiary alicyclic amines) is 1. The summed E-state index contributed by atoms with van der Waals surface area (Å²) in [7, 11) is 1.63. The Morgan fingerprint density at radius 3 is 2.94 bits per heavy atom. The maximum atomic E-state index is 12.8. The van der Waals surface area contributed by atoms with Gasteiger partial charge in [0, 0.05) is 63.3 Å². The zero-order chi connectivity index (χ0) is 21.4. The van der Waals surface area contributed by atoms with Crippen molar-refractivity contribution in [1.29, 1.82) is 0 Å². The summed E-state index contributed by atoms with van der Waals surface area (Å²) < 4.78 is 10.7. The summed E-state index contributed by atoms with van der Waals surface area (Å²) in [4.78, 5) is 28.3. The number of aliphatic imine (C=N–C) groups is 1. The number of carbonyl (C=O) groups is 1. The minimum Gasteiger partial charge on any atom is -0.481 e. The van der Waals surface area contributed by atoms with E-state index in [0.29, 0.717) is 24.5 Å². The number of aromatic nitrogens is 1. The molecule has 9 heteroatoms. The topological polar surface area (TPSA) is 82.5 Å². The molecule has 1 aromatic rings. The molecule has 2 unspecified atom stereocenters. The van der Waals surface area contributed by atoms with E-state index in [-0.39, 0.29) is 11.9 Å². The Morgan fingerprint density at radius 1 is 1.29 bits per heavy atom. The van der Waals surface area contributed by atoms with Crippen LogP contribution in [0.25, 0.3) is 0 Å². The summed E-state index contributed by atoms with van der Waals surface area (Å²) in [5, 5.41) is 3.07. The van der Waals surface area contributed by atoms with Gasteiger partial charge in [0.15, 0.2) is 5.82 Å². The monoisotopic (exact) mass is 426 g/mol. The quantitative estimate of drug-likeness (QED) is 0.774. The van der Waals surface area contributed by atoms with Gasteiger partial charge < -0.3 is 14.4 Å². The summed E-state index contributed by atoms with van der Waals surface area (Å²) >= 11 is 0. The van der Waals surface area contributed by atoms with Crippen LogP contribution in [0, 0.1) is 11.8 Å². The molecule has 0 saturated carbocycles. The molecule has 0 aromatic carbocycles. The lowest BCUT2D eigenvalue weighted by Gasteiger charge is -2.32. The normalized spacial score (nSPS) is 27.1. The lowest BCUT2D eigenvalue weighted by atomic mass is 9.96. The van der Waals surface area contributed by atoms with Gasteiger partial charge in [-0.05, 0) is 30.4 Å². The maximum Gasteiger partial charge on any atom is 0.329 e. The van der Waals surface area contributed by atoms with Crippen molar-refractivity contribution in [1.82, 2.24) is 25.0 Å². The zero-order valence-corrected chi connectivity index (χ0v) is 18.2. The largest absolute Gasteiger partial charge is 0.481 e. The molecule has 0 bridgehead atoms. The number of pyridine rings is 1. The molecular formula is C22H30N6O3. The van der Waals surface area contributed by atoms with Crippen molar-refractivity contribution < 1.29 is 14.3 Å². The molecule has 0 radical (unpaired) electrons. The Labute approximate surface area is 182 Å². The average Bonchev–Trinajstić information content (AvgIpc) is 3.38. The molecule has 31 heavy (non-hydrogen) atoms. The van der Waals surface area contributed by atoms with Crippen LogP contribution < -0.4 is 10.1 Å². The van der Waals surface area contributed by atoms with E-state index in [9.17, 15) is 4.79 Å². The van der Waals surface area contributed by atoms with Gasteiger partial charge in [0.1, 0.15) is 12.5 Å². The van der Waals surface area contributed by atoms with Crippen LogP contribution >= 0.6 is 0 Å². The van der Waals surface area contributed by atoms with E-state index in [2.05, 4.69) is 33.2 Å². The third-order valence-corrected chi connectivity index (χ3v) is 6.69. The van der Waals surface area contributed by atoms with Gasteiger partial charge in [-0.25, -0.2) is 14.8 Å². The van der Waals surface area contributed by atoms with Crippen LogP contribution in [0.5, 0.6) is 5.88 Å². The van der Waals surface area contributed by atoms with Gasteiger partial charge in [-0.2, -0.15) is 0 Å². The van der Waals surface area contributed by atoms with Gasteiger partial charge in [-0.15, -0.1) is 0 Å². The van der Waals surface area contributed by atoms with Crippen molar-refractivity contribution in [2.24, 2.45) is 16.8 Å². The van der Waals surface area contributed by atoms with E-state index < -0.39 is 0 Å². The molecule has 5 heterocycles. The van der Waals surface area contributed by atoms with Gasteiger partial charge in [-0.3, -0.25) is 15.1 Å². The molecule has 4 aliphatic rings. The number of hydrogen-bond donors (Lipinski definition) is 1. The van der Waals surface area contributed by atoms with Crippen LogP contribution in [0.15, 0.2) is 35.3 Å². The lowest BCUT2D eigenvalue weighted by Crippen LogP contribution is -2.50. The van der Waals surface area contributed by atoms with Crippen LogP contribution in [0.2, 0.25) is 0 Å². The van der Waals surface area contributed by atoms with E-state index in [1.54, 1.807) is 18.2 Å². The number of amidine groups is 1. The molecule has 4 aliphatic heterocycles. The van der Waals surface area contributed by atoms with Gasteiger partial charge >= 0.3 is 6.03 Å². The number of urea groups is 1. The smallest absolute Gasteiger partial charge is 0.329 e. The number of amides is 2. The van der Waals surface area contributed by atoms with Gasteiger partial charge in [0.05, 0.1) is 7.11 Å². The second-order valence-electron chi connectivity index (χ2n) is 8.83. The predicted molar refractivity (Wildman–Crippen MR) is 115 cm³/mol. The molecule has 2 fully saturated rings. The number of hydrogen-bond acceptors (Lipinski definition) is 7. The first-order valence-electron chi connectivity index (χ1n) is 11.0. The van der Waals surface area contributed by atoms with Crippen LogP contribution in [-0.4, -0.2) is 77.7 Å². The average molecular weight is 427 g/mol. The number of ether oxygens (including phenoxy) is 2. The fourth-order valence-electron chi connectivity index (χ4n) is 4.96. The fourth-order valence-corrected chi connectivity index (χ4v) is 4.96. The maximum absolute atomic E-state index is 12.8. The molecule has 1 N–H and O–H groups in total. The van der Waals surface area contributed by atoms with Crippen molar-refractivity contribution >= 4 is 11.9 Å². The van der Waals surface area contributed by atoms with E-state index in [1.807, 2.05) is 12.1 Å². The Hall–Kier alpha value is -2.65. The summed E-state index contributed by atoms with van der Waals surface area (Å²) in [5.74, 6) is 2.79. The third-order valence-electron chi connectivity index (χ3n) is 6.69. The summed E-state index contributed by atoms with van der Waals surface area (Å²) in [6, 6.07) is 4.34. The molecule has 0 spiro atoms. The highest BCUT2D eigenvalue weighted by Gasteiger charge is 2.40. The predicted octanol–water partition coefficient (Wildman–Crippen LogP) is 1.83. The zero-order valence-electron chi connectivity index (χ0n) is 18.2. The first kappa shape index (κ1) is 20.3. The van der Waals surface area contributed by atoms with Crippen LogP contribution in [0.1, 0.15) is 25.3 Å². The Morgan fingerprint density at radius 2 is 2.13 bits per heavy atom. The number of nitrogens with one attached hydrogen (secondary N) is 1. The SMILES string of the molecule is COc1cc(CN2CC(C)C(C3=NC4=CN(C5CCOCC5)CN4C(=O)N3)C2)ccn1. The molecule has 2 amide bonds. The second kappa shape index (κ2) is 8.47. The number of nitrogens with zero attached hydrogens (tertiary/aromatic N) is 5. The summed E-state index contributed by atoms with van der Waals surface area (Å²) in [6.07, 6.45) is 5.81. The molecule has 0 aliphatic carbocycles. The van der Waals surface area contributed by atoms with Crippen molar-refractivity contribution in [3.05, 3.63) is 35.9 Å². The highest BCUT2D eigenvalue weighted by molar-refractivity contribution is 6.02. The Bertz CT molecular complexity index is 897. The van der Waals surface area contributed by atoms with Crippen LogP contribution in [0.4, 0.5) is 4.79 Å². The number of fused-ring (bicyclic) bond motifs is 1. The van der Waals surface area contributed by atoms with E-state index in [0.717, 1.165) is 57.3 Å². The van der Waals surface area contributed by atoms with E-state index in [4.69, 9.17) is 14.5 Å². The van der Waals surface area contributed by atoms with Crippen LogP contribution in [-0.2, 0) is 11.3 Å². The van der Waals surface area contributed by atoms with Crippen LogP contribution in [0.3, 0.4) is 0 Å². The minimum absolute atomic E-state index is 0.0738. The Balaban J connectivity index is 1.28. The van der Waals surface area contributed by atoms with Gasteiger partial charge in [-0.1, -0.05) is 6.92 Å². The highest BCUT2D eigenvalue weighted by atomic mass is 16.5. The molecule has 5 rings (SSSR count). The Kier molecular flexibility index (Phi) is 5.54. The lowest BCUT2D eigenvalue weighted by molar-refractivity contribution is 0.0459. The van der Waals surface area contributed by atoms with E-state index in [1.165, 1.54) is 5.56 Å². The number of carbonyl (C=O) groups excluding carboxylic acids is 1. The molecule has 2 saturated heterocycles. The summed E-state index contributed by atoms with van der Waals surface area (Å²) in [5.41, 5.74) is 1.17. The molecule has 166 valence electrons. The minimum atomic E-state index is -0.0738. The van der Waals surface area contributed by atoms with Gasteiger partial charge in [0.2, 0.25) is 5.88 Å². The fraction of sp³-hybridized carbons (Fsp3) is 0.591. The molecule has 2 atom stereocenters. The summed E-state index contributed by atoms with van der Waals surface area (Å²) in [6.45, 7) is 7.01.